The third-order valence-corrected chi connectivity index (χ3v) is 1.48. The van der Waals surface area contributed by atoms with Crippen LogP contribution in [-0.2, 0) is 6.42 Å². The average Bonchev–Trinajstić information content (AvgIpc) is 2.53. The molecule has 0 aliphatic rings. The van der Waals surface area contributed by atoms with E-state index >= 15 is 0 Å². The number of furan rings is 1. The van der Waals surface area contributed by atoms with Gasteiger partial charge in [0.25, 0.3) is 0 Å². The molecule has 0 N–H and O–H groups in total. The first-order valence-corrected chi connectivity index (χ1v) is 3.79. The van der Waals surface area contributed by atoms with E-state index in [4.69, 9.17) is 4.42 Å². The fourth-order valence-electron chi connectivity index (χ4n) is 0.901. The summed E-state index contributed by atoms with van der Waals surface area (Å²) in [6.07, 6.45) is 3.79. The summed E-state index contributed by atoms with van der Waals surface area (Å²) in [5.74, 6) is 6.54. The van der Waals surface area contributed by atoms with Gasteiger partial charge in [-0.2, -0.15) is 0 Å². The molecule has 0 aliphatic heterocycles. The second-order valence-corrected chi connectivity index (χ2v) is 2.39. The van der Waals surface area contributed by atoms with Crippen LogP contribution in [0.4, 0.5) is 0 Å². The highest BCUT2D eigenvalue weighted by atomic mass is 16.3. The number of aryl methyl sites for hydroxylation is 1. The van der Waals surface area contributed by atoms with Gasteiger partial charge in [0.2, 0.25) is 0 Å². The first-order chi connectivity index (χ1) is 5.86. The predicted octanol–water partition coefficient (Wildman–Crippen LogP) is 2.05. The summed E-state index contributed by atoms with van der Waals surface area (Å²) in [5, 5.41) is 0. The van der Waals surface area contributed by atoms with Crippen molar-refractivity contribution in [3.63, 3.8) is 0 Å². The van der Waals surface area contributed by atoms with Crippen LogP contribution < -0.4 is 0 Å². The molecule has 62 valence electrons. The minimum atomic E-state index is 0.592. The number of carbonyl (C=O) groups is 1. The molecule has 0 aliphatic carbocycles. The molecule has 0 spiro atoms. The van der Waals surface area contributed by atoms with Crippen LogP contribution in [0.2, 0.25) is 0 Å². The summed E-state index contributed by atoms with van der Waals surface area (Å²) in [5.41, 5.74) is 0.592. The van der Waals surface area contributed by atoms with Gasteiger partial charge in [0.05, 0.1) is 5.56 Å². The lowest BCUT2D eigenvalue weighted by Crippen LogP contribution is -1.78. The molecule has 12 heavy (non-hydrogen) atoms. The number of rotatable bonds is 3. The minimum Gasteiger partial charge on any atom is -0.469 e. The van der Waals surface area contributed by atoms with Gasteiger partial charge in [-0.05, 0) is 13.0 Å². The van der Waals surface area contributed by atoms with Gasteiger partial charge in [-0.1, -0.05) is 0 Å². The lowest BCUT2D eigenvalue weighted by molar-refractivity contribution is 0.112. The van der Waals surface area contributed by atoms with E-state index in [1.165, 1.54) is 6.26 Å². The van der Waals surface area contributed by atoms with Crippen LogP contribution >= 0.6 is 0 Å². The molecule has 1 rings (SSSR count). The maximum atomic E-state index is 10.3. The van der Waals surface area contributed by atoms with E-state index in [1.807, 2.05) is 0 Å². The van der Waals surface area contributed by atoms with Crippen LogP contribution in [0.25, 0.3) is 0 Å². The van der Waals surface area contributed by atoms with E-state index in [0.29, 0.717) is 5.56 Å². The number of carbonyl (C=O) groups excluding carboxylic acids is 1. The summed E-state index contributed by atoms with van der Waals surface area (Å²) in [6.45, 7) is 1.80. The van der Waals surface area contributed by atoms with E-state index in [-0.39, 0.29) is 0 Å². The van der Waals surface area contributed by atoms with Crippen molar-refractivity contribution in [2.45, 2.75) is 19.8 Å². The topological polar surface area (TPSA) is 30.2 Å². The summed E-state index contributed by atoms with van der Waals surface area (Å²) >= 11 is 0. The molecule has 0 aromatic carbocycles. The smallest absolute Gasteiger partial charge is 0.153 e. The molecular weight excluding hydrogens is 152 g/mol. The number of hydrogen-bond acceptors (Lipinski definition) is 2. The Morgan fingerprint density at radius 3 is 3.08 bits per heavy atom. The van der Waals surface area contributed by atoms with Crippen molar-refractivity contribution in [1.29, 1.82) is 0 Å². The van der Waals surface area contributed by atoms with Crippen LogP contribution in [0.15, 0.2) is 16.7 Å². The van der Waals surface area contributed by atoms with E-state index in [1.54, 1.807) is 13.0 Å². The van der Waals surface area contributed by atoms with E-state index in [0.717, 1.165) is 24.9 Å². The van der Waals surface area contributed by atoms with E-state index in [9.17, 15) is 4.79 Å². The van der Waals surface area contributed by atoms with Crippen LogP contribution in [0.5, 0.6) is 0 Å². The third-order valence-electron chi connectivity index (χ3n) is 1.48. The molecular formula is C10H10O2. The molecule has 0 unspecified atom stereocenters. The highest BCUT2D eigenvalue weighted by Gasteiger charge is 1.98. The Kier molecular flexibility index (Phi) is 3.16. The third kappa shape index (κ3) is 2.28. The number of aldehydes is 1. The molecule has 0 saturated heterocycles. The van der Waals surface area contributed by atoms with E-state index in [2.05, 4.69) is 11.8 Å². The SMILES string of the molecule is CC#CCCc1cc(C=O)co1. The van der Waals surface area contributed by atoms with Gasteiger partial charge in [0.15, 0.2) is 6.29 Å². The maximum Gasteiger partial charge on any atom is 0.153 e. The van der Waals surface area contributed by atoms with Crippen LogP contribution in [0.1, 0.15) is 29.5 Å². The van der Waals surface area contributed by atoms with Gasteiger partial charge in [-0.15, -0.1) is 11.8 Å². The summed E-state index contributed by atoms with van der Waals surface area (Å²) in [4.78, 5) is 10.3. The highest BCUT2D eigenvalue weighted by molar-refractivity contribution is 5.74. The zero-order chi connectivity index (χ0) is 8.81. The second-order valence-electron chi connectivity index (χ2n) is 2.39. The predicted molar refractivity (Wildman–Crippen MR) is 45.9 cm³/mol. The standard InChI is InChI=1S/C10H10O2/c1-2-3-4-5-10-6-9(7-11)8-12-10/h6-8H,4-5H2,1H3. The lowest BCUT2D eigenvalue weighted by Gasteiger charge is -1.86. The Labute approximate surface area is 71.6 Å². The quantitative estimate of drug-likeness (QED) is 0.503. The molecule has 1 aromatic rings. The maximum absolute atomic E-state index is 10.3. The fourth-order valence-corrected chi connectivity index (χ4v) is 0.901. The van der Waals surface area contributed by atoms with Crippen LogP contribution in [0, 0.1) is 11.8 Å². The van der Waals surface area contributed by atoms with Crippen molar-refractivity contribution in [3.8, 4) is 11.8 Å². The van der Waals surface area contributed by atoms with Crippen molar-refractivity contribution < 1.29 is 9.21 Å². The summed E-state index contributed by atoms with van der Waals surface area (Å²) < 4.78 is 5.10. The highest BCUT2D eigenvalue weighted by Crippen LogP contribution is 2.07. The van der Waals surface area contributed by atoms with Gasteiger partial charge >= 0.3 is 0 Å². The second kappa shape index (κ2) is 4.40. The molecule has 2 nitrogen and oxygen atoms in total. The van der Waals surface area contributed by atoms with Crippen molar-refractivity contribution in [3.05, 3.63) is 23.7 Å². The van der Waals surface area contributed by atoms with Crippen molar-refractivity contribution in [2.24, 2.45) is 0 Å². The van der Waals surface area contributed by atoms with Crippen molar-refractivity contribution in [1.82, 2.24) is 0 Å². The van der Waals surface area contributed by atoms with Crippen molar-refractivity contribution in [2.75, 3.05) is 0 Å². The summed E-state index contributed by atoms with van der Waals surface area (Å²) in [7, 11) is 0. The Morgan fingerprint density at radius 1 is 1.67 bits per heavy atom. The molecule has 0 saturated carbocycles. The zero-order valence-corrected chi connectivity index (χ0v) is 6.96. The molecule has 1 aromatic heterocycles. The van der Waals surface area contributed by atoms with Crippen LogP contribution in [0.3, 0.4) is 0 Å². The lowest BCUT2D eigenvalue weighted by atomic mass is 10.2. The zero-order valence-electron chi connectivity index (χ0n) is 6.96. The van der Waals surface area contributed by atoms with Crippen LogP contribution in [-0.4, -0.2) is 6.29 Å². The molecule has 0 fully saturated rings. The van der Waals surface area contributed by atoms with E-state index < -0.39 is 0 Å². The monoisotopic (exact) mass is 162 g/mol. The fraction of sp³-hybridized carbons (Fsp3) is 0.300. The molecule has 1 heterocycles. The molecule has 0 amide bonds. The minimum absolute atomic E-state index is 0.592. The first-order valence-electron chi connectivity index (χ1n) is 3.79. The Balaban J connectivity index is 2.50. The average molecular weight is 162 g/mol. The van der Waals surface area contributed by atoms with Gasteiger partial charge in [0, 0.05) is 12.8 Å². The number of hydrogen-bond donors (Lipinski definition) is 0. The van der Waals surface area contributed by atoms with Gasteiger partial charge in [-0.25, -0.2) is 0 Å². The normalized spacial score (nSPS) is 8.75. The van der Waals surface area contributed by atoms with Gasteiger partial charge < -0.3 is 4.42 Å². The Hall–Kier alpha value is -1.49. The molecule has 0 bridgehead atoms. The van der Waals surface area contributed by atoms with Gasteiger partial charge in [-0.3, -0.25) is 4.79 Å². The first kappa shape index (κ1) is 8.61. The Morgan fingerprint density at radius 2 is 2.50 bits per heavy atom. The van der Waals surface area contributed by atoms with Crippen molar-refractivity contribution >= 4 is 6.29 Å². The molecule has 2 heteroatoms. The Bertz CT molecular complexity index is 312. The molecule has 0 radical (unpaired) electrons. The largest absolute Gasteiger partial charge is 0.469 e. The van der Waals surface area contributed by atoms with Gasteiger partial charge in [0.1, 0.15) is 12.0 Å². The molecule has 0 atom stereocenters. The summed E-state index contributed by atoms with van der Waals surface area (Å²) in [6, 6.07) is 1.74.